The molecule has 0 amide bonds. The molecule has 0 saturated heterocycles. The summed E-state index contributed by atoms with van der Waals surface area (Å²) in [5, 5.41) is 0. The highest BCUT2D eigenvalue weighted by molar-refractivity contribution is 5.86. The Balaban J connectivity index is 1.76. The Labute approximate surface area is 182 Å². The molecule has 0 fully saturated rings. The van der Waals surface area contributed by atoms with Crippen molar-refractivity contribution in [2.24, 2.45) is 0 Å². The SMILES string of the molecule is CCCCc1cc(F)c(C2=Cc3cc(F)c(-c4ccc(F)c(F)c4)c(F)c3CC2)c(F)c1. The minimum atomic E-state index is -1.21. The van der Waals surface area contributed by atoms with Crippen molar-refractivity contribution >= 4 is 11.6 Å². The van der Waals surface area contributed by atoms with Crippen LogP contribution in [-0.4, -0.2) is 0 Å². The van der Waals surface area contributed by atoms with Crippen molar-refractivity contribution in [3.8, 4) is 11.1 Å². The molecule has 1 aliphatic carbocycles. The second-order valence-corrected chi connectivity index (χ2v) is 7.95. The Kier molecular flexibility index (Phi) is 6.13. The Morgan fingerprint density at radius 1 is 0.719 bits per heavy atom. The second kappa shape index (κ2) is 8.85. The number of allylic oxidation sites excluding steroid dienone is 1. The van der Waals surface area contributed by atoms with Crippen LogP contribution >= 0.6 is 0 Å². The molecule has 0 aromatic heterocycles. The van der Waals surface area contributed by atoms with Crippen LogP contribution in [0.4, 0.5) is 26.3 Å². The third-order valence-corrected chi connectivity index (χ3v) is 5.78. The fourth-order valence-corrected chi connectivity index (χ4v) is 4.15. The highest BCUT2D eigenvalue weighted by atomic mass is 19.2. The van der Waals surface area contributed by atoms with Crippen molar-refractivity contribution in [3.05, 3.63) is 93.6 Å². The van der Waals surface area contributed by atoms with Crippen LogP contribution in [0.2, 0.25) is 0 Å². The predicted molar refractivity (Wildman–Crippen MR) is 113 cm³/mol. The van der Waals surface area contributed by atoms with Gasteiger partial charge in [0.2, 0.25) is 0 Å². The van der Waals surface area contributed by atoms with Gasteiger partial charge < -0.3 is 0 Å². The van der Waals surface area contributed by atoms with Gasteiger partial charge in [0.1, 0.15) is 23.3 Å². The standard InChI is InChI=1S/C26H20F6/c1-2-3-4-14-9-21(29)24(22(30)10-14)15-5-7-18-17(11-15)13-23(31)25(26(18)32)16-6-8-19(27)20(28)12-16/h6,8-13H,2-5,7H2,1H3. The molecule has 0 N–H and O–H groups in total. The van der Waals surface area contributed by atoms with E-state index in [1.807, 2.05) is 6.92 Å². The molecule has 0 bridgehead atoms. The summed E-state index contributed by atoms with van der Waals surface area (Å²) in [4.78, 5) is 0. The number of hydrogen-bond acceptors (Lipinski definition) is 0. The summed E-state index contributed by atoms with van der Waals surface area (Å²) in [5.74, 6) is -5.60. The maximum absolute atomic E-state index is 15.2. The number of fused-ring (bicyclic) bond motifs is 1. The number of halogens is 6. The van der Waals surface area contributed by atoms with Crippen LogP contribution in [-0.2, 0) is 12.8 Å². The molecule has 0 aliphatic heterocycles. The maximum Gasteiger partial charge on any atom is 0.159 e. The number of benzene rings is 3. The molecule has 1 aliphatic rings. The molecule has 3 aromatic rings. The third-order valence-electron chi connectivity index (χ3n) is 5.78. The monoisotopic (exact) mass is 446 g/mol. The lowest BCUT2D eigenvalue weighted by atomic mass is 9.85. The van der Waals surface area contributed by atoms with Gasteiger partial charge in [-0.2, -0.15) is 0 Å². The van der Waals surface area contributed by atoms with Gasteiger partial charge in [-0.05, 0) is 83.8 Å². The smallest absolute Gasteiger partial charge is 0.159 e. The van der Waals surface area contributed by atoms with E-state index in [0.717, 1.165) is 37.1 Å². The Hall–Kier alpha value is -3.02. The quantitative estimate of drug-likeness (QED) is 0.348. The summed E-state index contributed by atoms with van der Waals surface area (Å²) >= 11 is 0. The van der Waals surface area contributed by atoms with Crippen molar-refractivity contribution < 1.29 is 26.3 Å². The van der Waals surface area contributed by atoms with Crippen LogP contribution in [0.15, 0.2) is 36.4 Å². The van der Waals surface area contributed by atoms with Gasteiger partial charge in [-0.25, -0.2) is 26.3 Å². The molecule has 0 saturated carbocycles. The van der Waals surface area contributed by atoms with Gasteiger partial charge in [-0.1, -0.05) is 25.5 Å². The molecular weight excluding hydrogens is 426 g/mol. The minimum Gasteiger partial charge on any atom is -0.206 e. The van der Waals surface area contributed by atoms with E-state index >= 15 is 4.39 Å². The molecule has 0 radical (unpaired) electrons. The van der Waals surface area contributed by atoms with Crippen LogP contribution < -0.4 is 0 Å². The van der Waals surface area contributed by atoms with Crippen LogP contribution in [0.3, 0.4) is 0 Å². The molecule has 0 heterocycles. The van der Waals surface area contributed by atoms with E-state index in [9.17, 15) is 22.0 Å². The first-order chi connectivity index (χ1) is 15.3. The molecule has 0 atom stereocenters. The van der Waals surface area contributed by atoms with E-state index < -0.39 is 40.5 Å². The lowest BCUT2D eigenvalue weighted by Gasteiger charge is -2.21. The van der Waals surface area contributed by atoms with Crippen molar-refractivity contribution in [3.63, 3.8) is 0 Å². The Morgan fingerprint density at radius 2 is 1.41 bits per heavy atom. The normalized spacial score (nSPS) is 13.2. The first-order valence-corrected chi connectivity index (χ1v) is 10.4. The summed E-state index contributed by atoms with van der Waals surface area (Å²) < 4.78 is 86.2. The number of aryl methyl sites for hydroxylation is 1. The van der Waals surface area contributed by atoms with Crippen LogP contribution in [0, 0.1) is 34.9 Å². The van der Waals surface area contributed by atoms with Crippen molar-refractivity contribution in [1.82, 2.24) is 0 Å². The van der Waals surface area contributed by atoms with Crippen molar-refractivity contribution in [2.75, 3.05) is 0 Å². The zero-order chi connectivity index (χ0) is 23.0. The molecule has 166 valence electrons. The van der Waals surface area contributed by atoms with Gasteiger partial charge in [0, 0.05) is 5.56 Å². The van der Waals surface area contributed by atoms with E-state index in [0.29, 0.717) is 17.6 Å². The van der Waals surface area contributed by atoms with Gasteiger partial charge in [-0.15, -0.1) is 0 Å². The van der Waals surface area contributed by atoms with Crippen LogP contribution in [0.5, 0.6) is 0 Å². The number of unbranched alkanes of at least 4 members (excludes halogenated alkanes) is 1. The molecule has 0 spiro atoms. The topological polar surface area (TPSA) is 0 Å². The van der Waals surface area contributed by atoms with Crippen molar-refractivity contribution in [1.29, 1.82) is 0 Å². The lowest BCUT2D eigenvalue weighted by Crippen LogP contribution is -2.08. The molecule has 0 unspecified atom stereocenters. The Morgan fingerprint density at radius 3 is 2.06 bits per heavy atom. The first-order valence-electron chi connectivity index (χ1n) is 10.4. The van der Waals surface area contributed by atoms with E-state index in [-0.39, 0.29) is 35.1 Å². The largest absolute Gasteiger partial charge is 0.206 e. The lowest BCUT2D eigenvalue weighted by molar-refractivity contribution is 0.508. The van der Waals surface area contributed by atoms with E-state index in [1.165, 1.54) is 18.2 Å². The first kappa shape index (κ1) is 22.2. The average molecular weight is 446 g/mol. The summed E-state index contributed by atoms with van der Waals surface area (Å²) in [5.41, 5.74) is 0.427. The minimum absolute atomic E-state index is 0.0838. The average Bonchev–Trinajstić information content (AvgIpc) is 2.74. The fraction of sp³-hybridized carbons (Fsp3) is 0.231. The van der Waals surface area contributed by atoms with Crippen molar-refractivity contribution in [2.45, 2.75) is 39.0 Å². The molecule has 0 nitrogen and oxygen atoms in total. The molecule has 3 aromatic carbocycles. The van der Waals surface area contributed by atoms with Gasteiger partial charge in [-0.3, -0.25) is 0 Å². The Bertz CT molecular complexity index is 1200. The summed E-state index contributed by atoms with van der Waals surface area (Å²) in [7, 11) is 0. The van der Waals surface area contributed by atoms with Crippen LogP contribution in [0.25, 0.3) is 22.8 Å². The molecular formula is C26H20F6. The molecule has 4 rings (SSSR count). The highest BCUT2D eigenvalue weighted by Crippen LogP contribution is 2.38. The van der Waals surface area contributed by atoms with Gasteiger partial charge >= 0.3 is 0 Å². The van der Waals surface area contributed by atoms with E-state index in [1.54, 1.807) is 0 Å². The maximum atomic E-state index is 15.2. The molecule has 6 heteroatoms. The fourth-order valence-electron chi connectivity index (χ4n) is 4.15. The second-order valence-electron chi connectivity index (χ2n) is 7.95. The molecule has 32 heavy (non-hydrogen) atoms. The zero-order valence-corrected chi connectivity index (χ0v) is 17.3. The van der Waals surface area contributed by atoms with Gasteiger partial charge in [0.15, 0.2) is 11.6 Å². The summed E-state index contributed by atoms with van der Waals surface area (Å²) in [6, 6.07) is 6.30. The summed E-state index contributed by atoms with van der Waals surface area (Å²) in [6.45, 7) is 1.99. The van der Waals surface area contributed by atoms with E-state index in [2.05, 4.69) is 0 Å². The predicted octanol–water partition coefficient (Wildman–Crippen LogP) is 8.02. The van der Waals surface area contributed by atoms with Gasteiger partial charge in [0.05, 0.1) is 5.56 Å². The van der Waals surface area contributed by atoms with Crippen LogP contribution in [0.1, 0.15) is 48.4 Å². The third kappa shape index (κ3) is 4.06. The van der Waals surface area contributed by atoms with E-state index in [4.69, 9.17) is 0 Å². The van der Waals surface area contributed by atoms with Gasteiger partial charge in [0.25, 0.3) is 0 Å². The number of hydrogen-bond donors (Lipinski definition) is 0. The summed E-state index contributed by atoms with van der Waals surface area (Å²) in [6.07, 6.45) is 3.89. The number of rotatable bonds is 5. The highest BCUT2D eigenvalue weighted by Gasteiger charge is 2.25. The zero-order valence-electron chi connectivity index (χ0n) is 17.3.